The van der Waals surface area contributed by atoms with E-state index in [0.29, 0.717) is 39.6 Å². The zero-order valence-electron chi connectivity index (χ0n) is 28.8. The molecule has 2 aromatic heterocycles. The summed E-state index contributed by atoms with van der Waals surface area (Å²) in [4.78, 5) is 31.0. The second kappa shape index (κ2) is 14.6. The summed E-state index contributed by atoms with van der Waals surface area (Å²) < 4.78 is 18.1. The third-order valence-corrected chi connectivity index (χ3v) is 9.01. The molecule has 0 saturated heterocycles. The van der Waals surface area contributed by atoms with Gasteiger partial charge in [-0.3, -0.25) is 9.59 Å². The van der Waals surface area contributed by atoms with E-state index in [1.165, 1.54) is 21.3 Å². The molecule has 10 nitrogen and oxygen atoms in total. The first kappa shape index (κ1) is 33.7. The molecule has 0 aliphatic heterocycles. The van der Waals surface area contributed by atoms with Gasteiger partial charge in [-0.05, 0) is 47.0 Å². The van der Waals surface area contributed by atoms with Gasteiger partial charge in [-0.2, -0.15) is 0 Å². The SMILES string of the molecule is COc1cc(C(=O)CNC(=O)c2ccc(OC)c(OC)c2)nc(-c2ccc3c(c2)nnn3C(c2ccccc2)(c2ccccc2)c2ccccc2)c1. The van der Waals surface area contributed by atoms with E-state index in [1.807, 2.05) is 77.5 Å². The molecule has 0 unspecified atom stereocenters. The van der Waals surface area contributed by atoms with E-state index in [0.717, 1.165) is 22.2 Å². The number of rotatable bonds is 12. The number of amides is 1. The van der Waals surface area contributed by atoms with Gasteiger partial charge < -0.3 is 19.5 Å². The maximum absolute atomic E-state index is 13.4. The molecule has 0 saturated carbocycles. The minimum absolute atomic E-state index is 0.141. The number of ketones is 1. The van der Waals surface area contributed by atoms with Crippen molar-refractivity contribution in [3.8, 4) is 28.5 Å². The lowest BCUT2D eigenvalue weighted by Gasteiger charge is -2.36. The van der Waals surface area contributed by atoms with Crippen LogP contribution in [0.3, 0.4) is 0 Å². The fourth-order valence-corrected chi connectivity index (χ4v) is 6.48. The number of hydrogen-bond acceptors (Lipinski definition) is 8. The van der Waals surface area contributed by atoms with Crippen LogP contribution in [-0.2, 0) is 5.54 Å². The number of pyridine rings is 1. The Morgan fingerprint density at radius 3 is 1.87 bits per heavy atom. The highest BCUT2D eigenvalue weighted by molar-refractivity contribution is 6.02. The van der Waals surface area contributed by atoms with Gasteiger partial charge in [0.1, 0.15) is 22.5 Å². The summed E-state index contributed by atoms with van der Waals surface area (Å²) in [6.45, 7) is -0.277. The lowest BCUT2D eigenvalue weighted by molar-refractivity contribution is 0.0902. The van der Waals surface area contributed by atoms with Crippen molar-refractivity contribution < 1.29 is 23.8 Å². The maximum atomic E-state index is 13.4. The predicted octanol–water partition coefficient (Wildman–Crippen LogP) is 6.97. The molecule has 0 spiro atoms. The van der Waals surface area contributed by atoms with Gasteiger partial charge in [0.05, 0.1) is 39.1 Å². The van der Waals surface area contributed by atoms with Crippen LogP contribution in [0.5, 0.6) is 17.2 Å². The van der Waals surface area contributed by atoms with Crippen molar-refractivity contribution in [2.45, 2.75) is 5.54 Å². The second-order valence-electron chi connectivity index (χ2n) is 12.0. The second-order valence-corrected chi connectivity index (χ2v) is 12.0. The summed E-state index contributed by atoms with van der Waals surface area (Å²) in [7, 11) is 4.53. The van der Waals surface area contributed by atoms with E-state index in [-0.39, 0.29) is 18.0 Å². The van der Waals surface area contributed by atoms with E-state index in [1.54, 1.807) is 30.3 Å². The van der Waals surface area contributed by atoms with Crippen molar-refractivity contribution in [1.29, 1.82) is 0 Å². The van der Waals surface area contributed by atoms with Gasteiger partial charge in [0.2, 0.25) is 0 Å². The number of nitrogens with one attached hydrogen (secondary N) is 1. The van der Waals surface area contributed by atoms with Crippen LogP contribution in [0.25, 0.3) is 22.3 Å². The Morgan fingerprint density at radius 1 is 0.673 bits per heavy atom. The number of fused-ring (bicyclic) bond motifs is 1. The first-order chi connectivity index (χ1) is 25.5. The number of hydrogen-bond donors (Lipinski definition) is 1. The van der Waals surface area contributed by atoms with Crippen LogP contribution in [0, 0.1) is 0 Å². The van der Waals surface area contributed by atoms with E-state index < -0.39 is 11.4 Å². The fraction of sp³-hybridized carbons (Fsp3) is 0.119. The Labute approximate surface area is 300 Å². The molecule has 52 heavy (non-hydrogen) atoms. The molecule has 0 aliphatic rings. The number of aromatic nitrogens is 4. The number of ether oxygens (including phenoxy) is 3. The van der Waals surface area contributed by atoms with Crippen molar-refractivity contribution in [3.63, 3.8) is 0 Å². The average Bonchev–Trinajstić information content (AvgIpc) is 3.64. The number of methoxy groups -OCH3 is 3. The van der Waals surface area contributed by atoms with Gasteiger partial charge in [0, 0.05) is 23.3 Å². The first-order valence-electron chi connectivity index (χ1n) is 16.6. The van der Waals surface area contributed by atoms with E-state index in [9.17, 15) is 9.59 Å². The van der Waals surface area contributed by atoms with E-state index >= 15 is 0 Å². The van der Waals surface area contributed by atoms with E-state index in [2.05, 4.69) is 51.8 Å². The number of benzene rings is 5. The minimum atomic E-state index is -0.838. The topological polar surface area (TPSA) is 117 Å². The van der Waals surface area contributed by atoms with Crippen LogP contribution in [0.1, 0.15) is 37.5 Å². The van der Waals surface area contributed by atoms with Crippen LogP contribution in [0.4, 0.5) is 0 Å². The van der Waals surface area contributed by atoms with Crippen molar-refractivity contribution in [3.05, 3.63) is 167 Å². The van der Waals surface area contributed by atoms with Gasteiger partial charge in [-0.15, -0.1) is 5.10 Å². The van der Waals surface area contributed by atoms with Gasteiger partial charge in [0.25, 0.3) is 5.91 Å². The molecule has 5 aromatic carbocycles. The third kappa shape index (κ3) is 6.22. The van der Waals surface area contributed by atoms with Gasteiger partial charge in [0.15, 0.2) is 17.3 Å². The highest BCUT2D eigenvalue weighted by Gasteiger charge is 2.40. The predicted molar refractivity (Wildman–Crippen MR) is 198 cm³/mol. The Balaban J connectivity index is 1.24. The van der Waals surface area contributed by atoms with Crippen LogP contribution >= 0.6 is 0 Å². The lowest BCUT2D eigenvalue weighted by Crippen LogP contribution is -2.38. The van der Waals surface area contributed by atoms with Crippen molar-refractivity contribution in [2.24, 2.45) is 0 Å². The van der Waals surface area contributed by atoms with Gasteiger partial charge in [-0.25, -0.2) is 9.67 Å². The molecule has 1 N–H and O–H groups in total. The monoisotopic (exact) mass is 689 g/mol. The quantitative estimate of drug-likeness (QED) is 0.108. The van der Waals surface area contributed by atoms with Crippen LogP contribution in [0.15, 0.2) is 140 Å². The van der Waals surface area contributed by atoms with Crippen LogP contribution < -0.4 is 19.5 Å². The maximum Gasteiger partial charge on any atom is 0.251 e. The Morgan fingerprint density at radius 2 is 1.29 bits per heavy atom. The molecule has 0 atom stereocenters. The van der Waals surface area contributed by atoms with Crippen LogP contribution in [0.2, 0.25) is 0 Å². The first-order valence-corrected chi connectivity index (χ1v) is 16.6. The molecule has 0 bridgehead atoms. The summed E-state index contributed by atoms with van der Waals surface area (Å²) in [5.74, 6) is 0.512. The summed E-state index contributed by atoms with van der Waals surface area (Å²) in [5, 5.41) is 12.2. The molecular formula is C42H35N5O5. The summed E-state index contributed by atoms with van der Waals surface area (Å²) in [6.07, 6.45) is 0. The fourth-order valence-electron chi connectivity index (χ4n) is 6.48. The van der Waals surface area contributed by atoms with Crippen molar-refractivity contribution >= 4 is 22.7 Å². The minimum Gasteiger partial charge on any atom is -0.497 e. The molecule has 7 aromatic rings. The highest BCUT2D eigenvalue weighted by Crippen LogP contribution is 2.42. The molecule has 258 valence electrons. The summed E-state index contributed by atoms with van der Waals surface area (Å²) in [5.41, 5.74) is 5.37. The van der Waals surface area contributed by atoms with Gasteiger partial charge in [-0.1, -0.05) is 102 Å². The molecule has 0 fully saturated rings. The van der Waals surface area contributed by atoms with Crippen LogP contribution in [-0.4, -0.2) is 59.5 Å². The molecule has 10 heteroatoms. The van der Waals surface area contributed by atoms with Crippen molar-refractivity contribution in [1.82, 2.24) is 25.3 Å². The zero-order valence-corrected chi connectivity index (χ0v) is 28.8. The largest absolute Gasteiger partial charge is 0.497 e. The lowest BCUT2D eigenvalue weighted by atomic mass is 9.77. The molecule has 0 aliphatic carbocycles. The highest BCUT2D eigenvalue weighted by atomic mass is 16.5. The number of nitrogens with zero attached hydrogens (tertiary/aromatic N) is 4. The van der Waals surface area contributed by atoms with Gasteiger partial charge >= 0.3 is 0 Å². The molecular weight excluding hydrogens is 654 g/mol. The number of carbonyl (C=O) groups is 2. The molecule has 2 heterocycles. The molecule has 7 rings (SSSR count). The summed E-state index contributed by atoms with van der Waals surface area (Å²) >= 11 is 0. The molecule has 0 radical (unpaired) electrons. The average molecular weight is 690 g/mol. The van der Waals surface area contributed by atoms with E-state index in [4.69, 9.17) is 19.4 Å². The Kier molecular flexibility index (Phi) is 9.44. The molecule has 1 amide bonds. The smallest absolute Gasteiger partial charge is 0.251 e. The number of carbonyl (C=O) groups excluding carboxylic acids is 2. The van der Waals surface area contributed by atoms with Crippen molar-refractivity contribution in [2.75, 3.05) is 27.9 Å². The number of Topliss-reactive ketones (excluding diaryl/α,β-unsaturated/α-hetero) is 1. The Hall–Kier alpha value is -6.81. The standard InChI is InChI=1S/C42H35N5O5/c1-50-33-25-34(44-36(26-33)38(48)27-43-41(49)29-20-22-39(51-2)40(24-29)52-3)28-19-21-37-35(23-28)45-46-47(37)42(30-13-7-4-8-14-30,31-15-9-5-10-16-31)32-17-11-6-12-18-32/h4-26H,27H2,1-3H3,(H,43,49). The third-order valence-electron chi connectivity index (χ3n) is 9.01. The zero-order chi connectivity index (χ0) is 36.1. The Bertz CT molecular complexity index is 2270. The normalized spacial score (nSPS) is 11.2. The summed E-state index contributed by atoms with van der Waals surface area (Å²) in [6, 6.07) is 44.7.